The summed E-state index contributed by atoms with van der Waals surface area (Å²) in [7, 11) is 0.705. The van der Waals surface area contributed by atoms with Gasteiger partial charge in [0.05, 0.1) is 7.11 Å². The molecule has 0 unspecified atom stereocenters. The molecule has 0 spiro atoms. The Morgan fingerprint density at radius 3 is 2.04 bits per heavy atom. The molecule has 3 nitrogen and oxygen atoms in total. The topological polar surface area (TPSA) is 46.5 Å². The number of phenols is 1. The van der Waals surface area contributed by atoms with Gasteiger partial charge >= 0.3 is 24.0 Å². The first-order valence-electron chi connectivity index (χ1n) is 6.50. The van der Waals surface area contributed by atoms with E-state index in [0.29, 0.717) is 13.2 Å². The highest BCUT2D eigenvalue weighted by Crippen LogP contribution is 2.53. The second-order valence-electron chi connectivity index (χ2n) is 4.93. The number of hydrogen-bond acceptors (Lipinski definition) is 3. The molecule has 0 amide bonds. The van der Waals surface area contributed by atoms with E-state index in [9.17, 15) is 40.6 Å². The fraction of sp³-hybridized carbons (Fsp3) is 0.500. The Balaban J connectivity index is 3.85. The van der Waals surface area contributed by atoms with Crippen molar-refractivity contribution in [1.82, 2.24) is 0 Å². The van der Waals surface area contributed by atoms with Crippen LogP contribution < -0.4 is 0 Å². The highest BCUT2D eigenvalue weighted by molar-refractivity contribution is 5.95. The van der Waals surface area contributed by atoms with Gasteiger partial charge in [-0.3, -0.25) is 0 Å². The Hall–Kier alpha value is -2.00. The van der Waals surface area contributed by atoms with Gasteiger partial charge < -0.3 is 9.84 Å². The summed E-state index contributed by atoms with van der Waals surface area (Å²) in [5, 5.41) is 9.92. The second kappa shape index (κ2) is 6.14. The molecule has 1 aromatic carbocycles. The van der Waals surface area contributed by atoms with Gasteiger partial charge in [-0.25, -0.2) is 4.79 Å². The number of aryl methyl sites for hydroxylation is 1. The van der Waals surface area contributed by atoms with E-state index >= 15 is 0 Å². The maximum absolute atomic E-state index is 14.0. The van der Waals surface area contributed by atoms with E-state index in [4.69, 9.17) is 0 Å². The Morgan fingerprint density at radius 2 is 1.67 bits per heavy atom. The number of aromatic hydroxyl groups is 1. The third-order valence-corrected chi connectivity index (χ3v) is 3.46. The largest absolute Gasteiger partial charge is 0.507 e. The molecule has 0 fully saturated rings. The van der Waals surface area contributed by atoms with Crippen molar-refractivity contribution in [2.24, 2.45) is 0 Å². The number of esters is 1. The summed E-state index contributed by atoms with van der Waals surface area (Å²) < 4.78 is 95.8. The predicted octanol–water partition coefficient (Wildman–Crippen LogP) is 4.34. The van der Waals surface area contributed by atoms with Crippen LogP contribution in [0.3, 0.4) is 0 Å². The van der Waals surface area contributed by atoms with Gasteiger partial charge in [0.2, 0.25) is 0 Å². The average Bonchev–Trinajstić information content (AvgIpc) is 2.44. The third-order valence-electron chi connectivity index (χ3n) is 3.46. The van der Waals surface area contributed by atoms with Gasteiger partial charge in [0.1, 0.15) is 11.3 Å². The molecule has 0 saturated carbocycles. The Bertz CT molecular complexity index is 651. The molecule has 0 aromatic heterocycles. The highest BCUT2D eigenvalue weighted by atomic mass is 19.4. The molecule has 1 aromatic rings. The van der Waals surface area contributed by atoms with E-state index in [1.807, 2.05) is 0 Å². The molecule has 1 N–H and O–H groups in total. The smallest absolute Gasteiger partial charge is 0.460 e. The summed E-state index contributed by atoms with van der Waals surface area (Å²) in [6.45, 7) is 2.59. The van der Waals surface area contributed by atoms with Crippen LogP contribution in [0, 0.1) is 6.92 Å². The van der Waals surface area contributed by atoms with Crippen LogP contribution in [0.4, 0.5) is 30.7 Å². The van der Waals surface area contributed by atoms with Gasteiger partial charge in [-0.2, -0.15) is 30.7 Å². The van der Waals surface area contributed by atoms with E-state index in [-0.39, 0.29) is 17.5 Å². The minimum Gasteiger partial charge on any atom is -0.507 e. The number of halogens is 7. The van der Waals surface area contributed by atoms with Crippen LogP contribution in [-0.4, -0.2) is 30.3 Å². The number of hydrogen-bond donors (Lipinski definition) is 1. The van der Waals surface area contributed by atoms with Crippen molar-refractivity contribution in [2.75, 3.05) is 7.11 Å². The lowest BCUT2D eigenvalue weighted by molar-refractivity contribution is -0.359. The summed E-state index contributed by atoms with van der Waals surface area (Å²) in [4.78, 5) is 11.6. The molecule has 0 aliphatic carbocycles. The zero-order valence-electron chi connectivity index (χ0n) is 12.7. The summed E-state index contributed by atoms with van der Waals surface area (Å²) in [5.74, 6) is -15.0. The number of rotatable bonds is 4. The molecule has 0 bridgehead atoms. The first kappa shape index (κ1) is 20.0. The zero-order valence-corrected chi connectivity index (χ0v) is 12.7. The Kier molecular flexibility index (Phi) is 5.12. The van der Waals surface area contributed by atoms with Crippen LogP contribution >= 0.6 is 0 Å². The lowest BCUT2D eigenvalue weighted by atomic mass is 9.90. The molecule has 10 heteroatoms. The number of benzene rings is 1. The minimum atomic E-state index is -6.57. The quantitative estimate of drug-likeness (QED) is 0.640. The maximum Gasteiger partial charge on any atom is 0.460 e. The monoisotopic (exact) mass is 362 g/mol. The van der Waals surface area contributed by atoms with Crippen LogP contribution in [0.15, 0.2) is 6.07 Å². The van der Waals surface area contributed by atoms with Crippen LogP contribution in [0.2, 0.25) is 0 Å². The molecule has 1 rings (SSSR count). The molecule has 0 heterocycles. The normalized spacial score (nSPS) is 13.1. The number of phenolic OH excluding ortho intramolecular Hbond substituents is 1. The first-order chi connectivity index (χ1) is 10.7. The van der Waals surface area contributed by atoms with Crippen molar-refractivity contribution in [1.29, 1.82) is 0 Å². The molecule has 24 heavy (non-hydrogen) atoms. The van der Waals surface area contributed by atoms with Crippen molar-refractivity contribution in [2.45, 2.75) is 38.3 Å². The minimum absolute atomic E-state index is 0.0170. The maximum atomic E-state index is 14.0. The third kappa shape index (κ3) is 2.89. The van der Waals surface area contributed by atoms with Crippen molar-refractivity contribution < 1.29 is 45.4 Å². The number of alkyl halides is 7. The zero-order chi connectivity index (χ0) is 19.1. The molecule has 136 valence electrons. The SMILES string of the molecule is CCc1c(C)cc(C(F)(F)C(F)(F)C(F)(F)F)c(C(=O)OC)c1O. The fourth-order valence-corrected chi connectivity index (χ4v) is 2.19. The number of ether oxygens (including phenoxy) is 1. The molecule has 0 radical (unpaired) electrons. The van der Waals surface area contributed by atoms with Crippen molar-refractivity contribution in [3.63, 3.8) is 0 Å². The highest BCUT2D eigenvalue weighted by Gasteiger charge is 2.74. The summed E-state index contributed by atoms with van der Waals surface area (Å²) in [6.07, 6.45) is -6.56. The van der Waals surface area contributed by atoms with Crippen molar-refractivity contribution in [3.05, 3.63) is 28.3 Å². The van der Waals surface area contributed by atoms with Crippen molar-refractivity contribution >= 4 is 5.97 Å². The van der Waals surface area contributed by atoms with Gasteiger partial charge in [-0.05, 0) is 30.5 Å². The van der Waals surface area contributed by atoms with E-state index in [2.05, 4.69) is 4.74 Å². The molecule has 0 aliphatic heterocycles. The molecule has 0 atom stereocenters. The fourth-order valence-electron chi connectivity index (χ4n) is 2.19. The van der Waals surface area contributed by atoms with Gasteiger partial charge in [-0.15, -0.1) is 0 Å². The first-order valence-corrected chi connectivity index (χ1v) is 6.50. The average molecular weight is 362 g/mol. The standard InChI is InChI=1S/C14H13F7O3/c1-4-7-6(2)5-8(9(10(7)22)11(23)24-3)12(15,16)13(17,18)14(19,20)21/h5,22H,4H2,1-3H3. The Labute approximate surface area is 132 Å². The predicted molar refractivity (Wildman–Crippen MR) is 68.5 cm³/mol. The van der Waals surface area contributed by atoms with Gasteiger partial charge in [0.15, 0.2) is 0 Å². The number of methoxy groups -OCH3 is 1. The lowest BCUT2D eigenvalue weighted by Crippen LogP contribution is -2.50. The molecule has 0 aliphatic rings. The molecule has 0 saturated heterocycles. The Morgan fingerprint density at radius 1 is 1.17 bits per heavy atom. The van der Waals surface area contributed by atoms with E-state index < -0.39 is 40.9 Å². The van der Waals surface area contributed by atoms with Gasteiger partial charge in [0, 0.05) is 5.56 Å². The van der Waals surface area contributed by atoms with Gasteiger partial charge in [0.25, 0.3) is 0 Å². The van der Waals surface area contributed by atoms with Crippen LogP contribution in [0.25, 0.3) is 0 Å². The van der Waals surface area contributed by atoms with Gasteiger partial charge in [-0.1, -0.05) is 6.92 Å². The second-order valence-corrected chi connectivity index (χ2v) is 4.93. The molecular weight excluding hydrogens is 349 g/mol. The van der Waals surface area contributed by atoms with Crippen LogP contribution in [0.1, 0.15) is 34.0 Å². The summed E-state index contributed by atoms with van der Waals surface area (Å²) in [5.41, 5.74) is -3.60. The van der Waals surface area contributed by atoms with Crippen molar-refractivity contribution in [3.8, 4) is 5.75 Å². The summed E-state index contributed by atoms with van der Waals surface area (Å²) in [6, 6.07) is 0.324. The van der Waals surface area contributed by atoms with E-state index in [1.54, 1.807) is 0 Å². The van der Waals surface area contributed by atoms with Crippen LogP contribution in [-0.2, 0) is 17.1 Å². The molecular formula is C14H13F7O3. The van der Waals surface area contributed by atoms with E-state index in [1.165, 1.54) is 6.92 Å². The summed E-state index contributed by atoms with van der Waals surface area (Å²) >= 11 is 0. The number of carbonyl (C=O) groups excluding carboxylic acids is 1. The van der Waals surface area contributed by atoms with E-state index in [0.717, 1.165) is 6.92 Å². The number of carbonyl (C=O) groups is 1. The van der Waals surface area contributed by atoms with Crippen LogP contribution in [0.5, 0.6) is 5.75 Å². The lowest BCUT2D eigenvalue weighted by Gasteiger charge is -2.30.